The van der Waals surface area contributed by atoms with Gasteiger partial charge in [0.2, 0.25) is 11.7 Å². The van der Waals surface area contributed by atoms with Crippen LogP contribution in [0.25, 0.3) is 0 Å². The Bertz CT molecular complexity index is 1040. The van der Waals surface area contributed by atoms with Gasteiger partial charge in [-0.3, -0.25) is 24.5 Å². The molecule has 1 aromatic rings. The predicted molar refractivity (Wildman–Crippen MR) is 120 cm³/mol. The number of amides is 4. The average molecular weight is 515 g/mol. The summed E-state index contributed by atoms with van der Waals surface area (Å²) < 4.78 is 30.9. The molecule has 10 nitrogen and oxygen atoms in total. The van der Waals surface area contributed by atoms with Crippen molar-refractivity contribution in [3.63, 3.8) is 0 Å². The largest absolute Gasteiger partial charge is 0.446 e. The maximum absolute atomic E-state index is 13.1. The zero-order valence-corrected chi connectivity index (χ0v) is 19.7. The zero-order chi connectivity index (χ0) is 25.9. The number of hydrogen-bond acceptors (Lipinski definition) is 6. The van der Waals surface area contributed by atoms with Gasteiger partial charge in [-0.05, 0) is 38.0 Å². The van der Waals surface area contributed by atoms with Crippen molar-refractivity contribution < 1.29 is 37.5 Å². The lowest BCUT2D eigenvalue weighted by molar-refractivity contribution is -0.143. The molecule has 13 heteroatoms. The van der Waals surface area contributed by atoms with E-state index < -0.39 is 60.5 Å². The molecule has 190 valence electrons. The molecular weight excluding hydrogens is 490 g/mol. The molecule has 0 bridgehead atoms. The van der Waals surface area contributed by atoms with Crippen LogP contribution in [0.3, 0.4) is 0 Å². The summed E-state index contributed by atoms with van der Waals surface area (Å²) in [7, 11) is 1.26. The fourth-order valence-electron chi connectivity index (χ4n) is 3.98. The Hall–Kier alpha value is -3.28. The highest BCUT2D eigenvalue weighted by molar-refractivity contribution is 6.38. The van der Waals surface area contributed by atoms with Crippen LogP contribution < -0.4 is 21.3 Å². The number of rotatable bonds is 8. The van der Waals surface area contributed by atoms with Crippen molar-refractivity contribution in [2.45, 2.75) is 56.7 Å². The smallest absolute Gasteiger partial charge is 0.411 e. The van der Waals surface area contributed by atoms with Gasteiger partial charge in [0.25, 0.3) is 17.7 Å². The molecule has 2 fully saturated rings. The van der Waals surface area contributed by atoms with Gasteiger partial charge >= 0.3 is 6.09 Å². The highest BCUT2D eigenvalue weighted by Gasteiger charge is 2.47. The lowest BCUT2D eigenvalue weighted by atomic mass is 9.91. The number of hydrogen-bond donors (Lipinski definition) is 4. The fraction of sp³-hybridized carbons (Fsp3) is 0.500. The number of benzene rings is 1. The van der Waals surface area contributed by atoms with Crippen LogP contribution in [0, 0.1) is 5.92 Å². The molecule has 4 amide bonds. The highest BCUT2D eigenvalue weighted by atomic mass is 35.5. The molecule has 1 saturated heterocycles. The summed E-state index contributed by atoms with van der Waals surface area (Å²) in [6.45, 7) is 1.79. The number of Topliss-reactive ketones (excluding diaryl/α,β-unsaturated/α-hetero) is 1. The molecule has 3 rings (SSSR count). The molecule has 0 aromatic heterocycles. The third-order valence-corrected chi connectivity index (χ3v) is 6.01. The molecule has 1 saturated carbocycles. The van der Waals surface area contributed by atoms with Gasteiger partial charge in [-0.15, -0.1) is 0 Å². The highest BCUT2D eigenvalue weighted by Crippen LogP contribution is 2.39. The van der Waals surface area contributed by atoms with Gasteiger partial charge in [0, 0.05) is 36.9 Å². The molecule has 0 radical (unpaired) electrons. The SMILES string of the molecule is CNC(=O)C(=O)[C@H](C[C@@H]1C[C@@H](C)NC1=O)NC(=O)c1cc(Cl)ccc1NC(=O)OC1CC(F)(F)C1. The first-order valence-corrected chi connectivity index (χ1v) is 11.3. The van der Waals surface area contributed by atoms with E-state index in [-0.39, 0.29) is 34.6 Å². The van der Waals surface area contributed by atoms with E-state index in [1.54, 1.807) is 6.92 Å². The van der Waals surface area contributed by atoms with E-state index >= 15 is 0 Å². The summed E-state index contributed by atoms with van der Waals surface area (Å²) in [5.74, 6) is -6.53. The number of nitrogens with one attached hydrogen (secondary N) is 4. The summed E-state index contributed by atoms with van der Waals surface area (Å²) in [6, 6.07) is 2.44. The molecule has 3 atom stereocenters. The monoisotopic (exact) mass is 514 g/mol. The molecule has 1 heterocycles. The lowest BCUT2D eigenvalue weighted by Crippen LogP contribution is -2.48. The minimum Gasteiger partial charge on any atom is -0.446 e. The first-order chi connectivity index (χ1) is 16.4. The standard InChI is InChI=1S/C22H25ClF2N4O6/c1-10-5-11(18(31)27-10)6-16(17(30)20(33)26-2)28-19(32)14-7-12(23)3-4-15(14)29-21(34)35-13-8-22(24,25)9-13/h3-4,7,10-11,13,16H,5-6,8-9H2,1-2H3,(H,26,33)(H,27,31)(H,28,32)(H,29,34)/t10-,11+,16+/m1/s1. The summed E-state index contributed by atoms with van der Waals surface area (Å²) >= 11 is 6.00. The molecule has 2 aliphatic rings. The van der Waals surface area contributed by atoms with E-state index in [1.165, 1.54) is 25.2 Å². The number of likely N-dealkylation sites (N-methyl/N-ethyl adjacent to an activating group) is 1. The van der Waals surface area contributed by atoms with E-state index in [1.807, 2.05) is 0 Å². The van der Waals surface area contributed by atoms with Crippen molar-refractivity contribution in [1.82, 2.24) is 16.0 Å². The van der Waals surface area contributed by atoms with Crippen LogP contribution >= 0.6 is 11.6 Å². The lowest BCUT2D eigenvalue weighted by Gasteiger charge is -2.33. The Kier molecular flexibility index (Phi) is 7.93. The van der Waals surface area contributed by atoms with Gasteiger partial charge in [-0.1, -0.05) is 11.6 Å². The number of carbonyl (C=O) groups is 5. The number of ether oxygens (including phenoxy) is 1. The predicted octanol–water partition coefficient (Wildman–Crippen LogP) is 2.01. The molecule has 0 unspecified atom stereocenters. The molecular formula is C22H25ClF2N4O6. The van der Waals surface area contributed by atoms with Gasteiger partial charge < -0.3 is 20.7 Å². The van der Waals surface area contributed by atoms with Crippen LogP contribution in [-0.4, -0.2) is 60.8 Å². The number of alkyl halides is 2. The average Bonchev–Trinajstić information content (AvgIpc) is 3.08. The second-order valence-electron chi connectivity index (χ2n) is 8.65. The van der Waals surface area contributed by atoms with Gasteiger partial charge in [-0.25, -0.2) is 13.6 Å². The van der Waals surface area contributed by atoms with Gasteiger partial charge in [0.15, 0.2) is 0 Å². The number of carbonyl (C=O) groups excluding carboxylic acids is 5. The third-order valence-electron chi connectivity index (χ3n) is 5.78. The maximum atomic E-state index is 13.1. The molecule has 1 aliphatic carbocycles. The fourth-order valence-corrected chi connectivity index (χ4v) is 4.16. The van der Waals surface area contributed by atoms with Crippen molar-refractivity contribution in [3.8, 4) is 0 Å². The van der Waals surface area contributed by atoms with Crippen LogP contribution in [-0.2, 0) is 19.1 Å². The van der Waals surface area contributed by atoms with Crippen molar-refractivity contribution in [2.75, 3.05) is 12.4 Å². The Balaban J connectivity index is 1.75. The van der Waals surface area contributed by atoms with Gasteiger partial charge in [0.05, 0.1) is 17.3 Å². The van der Waals surface area contributed by atoms with Gasteiger partial charge in [-0.2, -0.15) is 0 Å². The third kappa shape index (κ3) is 6.65. The Morgan fingerprint density at radius 1 is 1.26 bits per heavy atom. The van der Waals surface area contributed by atoms with Crippen LogP contribution in [0.1, 0.15) is 43.0 Å². The number of anilines is 1. The van der Waals surface area contributed by atoms with E-state index in [0.717, 1.165) is 0 Å². The molecule has 4 N–H and O–H groups in total. The summed E-state index contributed by atoms with van der Waals surface area (Å²) in [6.07, 6.45) is -2.88. The first-order valence-electron chi connectivity index (χ1n) is 10.9. The second-order valence-corrected chi connectivity index (χ2v) is 9.09. The normalized spacial score (nSPS) is 21.8. The number of ketones is 1. The summed E-state index contributed by atoms with van der Waals surface area (Å²) in [4.78, 5) is 62.0. The molecule has 1 aliphatic heterocycles. The summed E-state index contributed by atoms with van der Waals surface area (Å²) in [5, 5.41) is 9.80. The summed E-state index contributed by atoms with van der Waals surface area (Å²) in [5.41, 5.74) is -0.214. The zero-order valence-electron chi connectivity index (χ0n) is 19.0. The Morgan fingerprint density at radius 2 is 1.94 bits per heavy atom. The molecule has 1 aromatic carbocycles. The maximum Gasteiger partial charge on any atom is 0.411 e. The van der Waals surface area contributed by atoms with Crippen LogP contribution in [0.15, 0.2) is 18.2 Å². The van der Waals surface area contributed by atoms with E-state index in [4.69, 9.17) is 16.3 Å². The molecule has 0 spiro atoms. The quantitative estimate of drug-likeness (QED) is 0.391. The van der Waals surface area contributed by atoms with Crippen molar-refractivity contribution in [2.24, 2.45) is 5.92 Å². The minimum atomic E-state index is -2.88. The van der Waals surface area contributed by atoms with Crippen LogP contribution in [0.2, 0.25) is 5.02 Å². The topological polar surface area (TPSA) is 143 Å². The van der Waals surface area contributed by atoms with E-state index in [9.17, 15) is 32.8 Å². The van der Waals surface area contributed by atoms with E-state index in [0.29, 0.717) is 6.42 Å². The Labute approximate surface area is 204 Å². The molecule has 35 heavy (non-hydrogen) atoms. The van der Waals surface area contributed by atoms with Crippen LogP contribution in [0.5, 0.6) is 0 Å². The Morgan fingerprint density at radius 3 is 2.51 bits per heavy atom. The first kappa shape index (κ1) is 26.3. The van der Waals surface area contributed by atoms with Gasteiger partial charge in [0.1, 0.15) is 6.10 Å². The second kappa shape index (κ2) is 10.5. The van der Waals surface area contributed by atoms with Crippen molar-refractivity contribution in [1.29, 1.82) is 0 Å². The van der Waals surface area contributed by atoms with Crippen molar-refractivity contribution in [3.05, 3.63) is 28.8 Å². The number of halogens is 3. The minimum absolute atomic E-state index is 0.0543. The van der Waals surface area contributed by atoms with Crippen molar-refractivity contribution >= 4 is 46.9 Å². The van der Waals surface area contributed by atoms with E-state index in [2.05, 4.69) is 21.3 Å². The van der Waals surface area contributed by atoms with Crippen LogP contribution in [0.4, 0.5) is 19.3 Å².